The van der Waals surface area contributed by atoms with Gasteiger partial charge in [0.25, 0.3) is 0 Å². The lowest BCUT2D eigenvalue weighted by atomic mass is 10.1. The minimum Gasteiger partial charge on any atom is -0.368 e. The normalized spacial score (nSPS) is 14.6. The Kier molecular flexibility index (Phi) is 5.09. The van der Waals surface area contributed by atoms with Gasteiger partial charge in [-0.05, 0) is 65.2 Å². The number of nitrogens with one attached hydrogen (secondary N) is 1. The zero-order valence-electron chi connectivity index (χ0n) is 14.1. The lowest BCUT2D eigenvalue weighted by Crippen LogP contribution is -2.50. The maximum absolute atomic E-state index is 12.4. The van der Waals surface area contributed by atoms with Crippen molar-refractivity contribution in [3.8, 4) is 0 Å². The van der Waals surface area contributed by atoms with E-state index >= 15 is 0 Å². The van der Waals surface area contributed by atoms with Crippen LogP contribution in [-0.4, -0.2) is 37.1 Å². The number of rotatable bonds is 2. The van der Waals surface area contributed by atoms with Crippen molar-refractivity contribution in [2.75, 3.05) is 36.4 Å². The summed E-state index contributed by atoms with van der Waals surface area (Å²) in [6.45, 7) is 7.42. The Balaban J connectivity index is 1.59. The summed E-state index contributed by atoms with van der Waals surface area (Å²) in [4.78, 5) is 16.7. The largest absolute Gasteiger partial charge is 0.368 e. The summed E-state index contributed by atoms with van der Waals surface area (Å²) >= 11 is 3.46. The molecule has 0 saturated carbocycles. The Morgan fingerprint density at radius 1 is 1.00 bits per heavy atom. The molecule has 0 aliphatic carbocycles. The van der Waals surface area contributed by atoms with E-state index in [1.165, 1.54) is 16.8 Å². The predicted octanol–water partition coefficient (Wildman–Crippen LogP) is 4.42. The van der Waals surface area contributed by atoms with E-state index in [1.54, 1.807) is 0 Å². The van der Waals surface area contributed by atoms with Gasteiger partial charge in [-0.2, -0.15) is 0 Å². The molecule has 2 aromatic carbocycles. The van der Waals surface area contributed by atoms with Crippen LogP contribution in [0.2, 0.25) is 0 Å². The molecule has 0 spiro atoms. The van der Waals surface area contributed by atoms with E-state index in [0.717, 1.165) is 36.3 Å². The fourth-order valence-electron chi connectivity index (χ4n) is 2.85. The van der Waals surface area contributed by atoms with Gasteiger partial charge < -0.3 is 15.1 Å². The second kappa shape index (κ2) is 7.26. The first-order chi connectivity index (χ1) is 11.5. The van der Waals surface area contributed by atoms with Gasteiger partial charge >= 0.3 is 6.03 Å². The number of urea groups is 1. The van der Waals surface area contributed by atoms with Gasteiger partial charge in [-0.15, -0.1) is 0 Å². The molecule has 0 bridgehead atoms. The van der Waals surface area contributed by atoms with Gasteiger partial charge in [0, 0.05) is 36.3 Å². The van der Waals surface area contributed by atoms with E-state index in [-0.39, 0.29) is 6.03 Å². The summed E-state index contributed by atoms with van der Waals surface area (Å²) in [5.74, 6) is 0. The Labute approximate surface area is 151 Å². The Morgan fingerprint density at radius 3 is 2.38 bits per heavy atom. The third-order valence-electron chi connectivity index (χ3n) is 4.54. The Morgan fingerprint density at radius 2 is 1.71 bits per heavy atom. The minimum atomic E-state index is -0.0402. The zero-order chi connectivity index (χ0) is 17.1. The first-order valence-electron chi connectivity index (χ1n) is 8.17. The van der Waals surface area contributed by atoms with Crippen molar-refractivity contribution >= 4 is 33.3 Å². The first kappa shape index (κ1) is 16.8. The van der Waals surface area contributed by atoms with Gasteiger partial charge in [0.05, 0.1) is 5.69 Å². The highest BCUT2D eigenvalue weighted by molar-refractivity contribution is 9.10. The molecule has 1 aliphatic rings. The second-order valence-electron chi connectivity index (χ2n) is 6.15. The van der Waals surface area contributed by atoms with Crippen LogP contribution < -0.4 is 10.2 Å². The molecular weight excluding hydrogens is 366 g/mol. The first-order valence-corrected chi connectivity index (χ1v) is 8.96. The molecule has 4 nitrogen and oxygen atoms in total. The van der Waals surface area contributed by atoms with Crippen molar-refractivity contribution in [3.05, 3.63) is 58.1 Å². The molecule has 1 N–H and O–H groups in total. The summed E-state index contributed by atoms with van der Waals surface area (Å²) in [5, 5.41) is 2.97. The molecule has 2 aromatic rings. The second-order valence-corrected chi connectivity index (χ2v) is 7.01. The number of benzene rings is 2. The highest BCUT2D eigenvalue weighted by Crippen LogP contribution is 2.23. The number of carbonyl (C=O) groups excluding carboxylic acids is 1. The molecule has 1 saturated heterocycles. The molecule has 3 rings (SSSR count). The maximum atomic E-state index is 12.4. The molecular formula is C19H22BrN3O. The van der Waals surface area contributed by atoms with E-state index in [0.29, 0.717) is 0 Å². The number of para-hydroxylation sites is 1. The SMILES string of the molecule is Cc1ccc(N2CCN(C(=O)Nc3ccccc3Br)CC2)cc1C. The molecule has 0 unspecified atom stereocenters. The lowest BCUT2D eigenvalue weighted by molar-refractivity contribution is 0.208. The van der Waals surface area contributed by atoms with Crippen LogP contribution in [-0.2, 0) is 0 Å². The molecule has 1 heterocycles. The molecule has 2 amide bonds. The van der Waals surface area contributed by atoms with Crippen molar-refractivity contribution in [1.29, 1.82) is 0 Å². The fourth-order valence-corrected chi connectivity index (χ4v) is 3.23. The highest BCUT2D eigenvalue weighted by atomic mass is 79.9. The average Bonchev–Trinajstić information content (AvgIpc) is 2.59. The number of aryl methyl sites for hydroxylation is 2. The van der Waals surface area contributed by atoms with Crippen LogP contribution in [0.4, 0.5) is 16.2 Å². The summed E-state index contributed by atoms with van der Waals surface area (Å²) in [6.07, 6.45) is 0. The van der Waals surface area contributed by atoms with Crippen LogP contribution in [0.3, 0.4) is 0 Å². The molecule has 0 radical (unpaired) electrons. The molecule has 1 aliphatic heterocycles. The molecule has 5 heteroatoms. The standard InChI is InChI=1S/C19H22BrN3O/c1-14-7-8-16(13-15(14)2)22-9-11-23(12-10-22)19(24)21-18-6-4-3-5-17(18)20/h3-8,13H,9-12H2,1-2H3,(H,21,24). The summed E-state index contributed by atoms with van der Waals surface area (Å²) in [7, 11) is 0. The molecule has 0 atom stereocenters. The smallest absolute Gasteiger partial charge is 0.321 e. The Hall–Kier alpha value is -2.01. The van der Waals surface area contributed by atoms with Crippen molar-refractivity contribution in [2.45, 2.75) is 13.8 Å². The van der Waals surface area contributed by atoms with Crippen LogP contribution in [0.1, 0.15) is 11.1 Å². The zero-order valence-corrected chi connectivity index (χ0v) is 15.6. The third kappa shape index (κ3) is 3.73. The van der Waals surface area contributed by atoms with E-state index in [2.05, 4.69) is 58.2 Å². The molecule has 1 fully saturated rings. The van der Waals surface area contributed by atoms with Crippen LogP contribution in [0.5, 0.6) is 0 Å². The van der Waals surface area contributed by atoms with Gasteiger partial charge in [0.1, 0.15) is 0 Å². The number of piperazine rings is 1. The number of halogens is 1. The van der Waals surface area contributed by atoms with Gasteiger partial charge in [-0.1, -0.05) is 18.2 Å². The van der Waals surface area contributed by atoms with E-state index in [1.807, 2.05) is 29.2 Å². The quantitative estimate of drug-likeness (QED) is 0.827. The average molecular weight is 388 g/mol. The van der Waals surface area contributed by atoms with Gasteiger partial charge in [0.2, 0.25) is 0 Å². The highest BCUT2D eigenvalue weighted by Gasteiger charge is 2.21. The Bertz CT molecular complexity index is 739. The monoisotopic (exact) mass is 387 g/mol. The van der Waals surface area contributed by atoms with Crippen LogP contribution in [0, 0.1) is 13.8 Å². The van der Waals surface area contributed by atoms with E-state index in [4.69, 9.17) is 0 Å². The van der Waals surface area contributed by atoms with Crippen molar-refractivity contribution in [1.82, 2.24) is 4.90 Å². The summed E-state index contributed by atoms with van der Waals surface area (Å²) in [5.41, 5.74) is 4.66. The van der Waals surface area contributed by atoms with Gasteiger partial charge in [0.15, 0.2) is 0 Å². The topological polar surface area (TPSA) is 35.6 Å². The minimum absolute atomic E-state index is 0.0402. The van der Waals surface area contributed by atoms with E-state index < -0.39 is 0 Å². The number of hydrogen-bond acceptors (Lipinski definition) is 2. The lowest BCUT2D eigenvalue weighted by Gasteiger charge is -2.36. The van der Waals surface area contributed by atoms with Crippen molar-refractivity contribution in [2.24, 2.45) is 0 Å². The number of amides is 2. The van der Waals surface area contributed by atoms with Gasteiger partial charge in [-0.25, -0.2) is 4.79 Å². The van der Waals surface area contributed by atoms with Crippen LogP contribution in [0.15, 0.2) is 46.9 Å². The molecule has 24 heavy (non-hydrogen) atoms. The number of carbonyl (C=O) groups is 1. The van der Waals surface area contributed by atoms with Crippen molar-refractivity contribution in [3.63, 3.8) is 0 Å². The predicted molar refractivity (Wildman–Crippen MR) is 103 cm³/mol. The van der Waals surface area contributed by atoms with E-state index in [9.17, 15) is 4.79 Å². The van der Waals surface area contributed by atoms with Gasteiger partial charge in [-0.3, -0.25) is 0 Å². The fraction of sp³-hybridized carbons (Fsp3) is 0.316. The van der Waals surface area contributed by atoms with Crippen molar-refractivity contribution < 1.29 is 4.79 Å². The number of hydrogen-bond donors (Lipinski definition) is 1. The summed E-state index contributed by atoms with van der Waals surface area (Å²) in [6, 6.07) is 14.2. The summed E-state index contributed by atoms with van der Waals surface area (Å²) < 4.78 is 0.895. The third-order valence-corrected chi connectivity index (χ3v) is 5.23. The van der Waals surface area contributed by atoms with Crippen LogP contribution >= 0.6 is 15.9 Å². The number of nitrogens with zero attached hydrogens (tertiary/aromatic N) is 2. The van der Waals surface area contributed by atoms with Crippen LogP contribution in [0.25, 0.3) is 0 Å². The molecule has 126 valence electrons. The number of anilines is 2. The molecule has 0 aromatic heterocycles. The maximum Gasteiger partial charge on any atom is 0.321 e.